The van der Waals surface area contributed by atoms with Gasteiger partial charge in [-0.05, 0) is 13.0 Å². The maximum atomic E-state index is 11.0. The van der Waals surface area contributed by atoms with E-state index < -0.39 is 0 Å². The van der Waals surface area contributed by atoms with E-state index in [-0.39, 0.29) is 11.9 Å². The van der Waals surface area contributed by atoms with Gasteiger partial charge in [-0.2, -0.15) is 0 Å². The lowest BCUT2D eigenvalue weighted by Crippen LogP contribution is -2.52. The number of carbonyl (C=O) groups excluding carboxylic acids is 1. The largest absolute Gasteiger partial charge is 0.347 e. The number of nitrogens with zero attached hydrogens (tertiary/aromatic N) is 1. The van der Waals surface area contributed by atoms with Gasteiger partial charge in [0.2, 0.25) is 5.91 Å². The molecule has 3 heteroatoms. The van der Waals surface area contributed by atoms with Crippen molar-refractivity contribution in [1.82, 2.24) is 10.2 Å². The highest BCUT2D eigenvalue weighted by atomic mass is 16.2. The second kappa shape index (κ2) is 2.35. The predicted octanol–water partition coefficient (Wildman–Crippen LogP) is -0.563. The van der Waals surface area contributed by atoms with Crippen LogP contribution in [0.25, 0.3) is 0 Å². The normalized spacial score (nSPS) is 24.9. The van der Waals surface area contributed by atoms with Gasteiger partial charge in [-0.1, -0.05) is 0 Å². The maximum Gasteiger partial charge on any atom is 0.239 e. The van der Waals surface area contributed by atoms with E-state index in [1.165, 1.54) is 0 Å². The van der Waals surface area contributed by atoms with E-state index in [0.29, 0.717) is 0 Å². The van der Waals surface area contributed by atoms with Crippen LogP contribution in [0.2, 0.25) is 0 Å². The Bertz CT molecular complexity index is 118. The molecular formula is C6H12N2O. The number of hydrogen-bond donors (Lipinski definition) is 1. The molecule has 1 aliphatic heterocycles. The van der Waals surface area contributed by atoms with Crippen LogP contribution in [0.3, 0.4) is 0 Å². The summed E-state index contributed by atoms with van der Waals surface area (Å²) in [7, 11) is 3.56. The van der Waals surface area contributed by atoms with Crippen LogP contribution in [0, 0.1) is 0 Å². The van der Waals surface area contributed by atoms with E-state index in [4.69, 9.17) is 0 Å². The third-order valence-corrected chi connectivity index (χ3v) is 1.56. The summed E-state index contributed by atoms with van der Waals surface area (Å²) >= 11 is 0. The molecule has 1 unspecified atom stereocenters. The molecule has 0 aliphatic carbocycles. The first-order valence-corrected chi connectivity index (χ1v) is 3.16. The smallest absolute Gasteiger partial charge is 0.239 e. The number of likely N-dealkylation sites (N-methyl/N-ethyl adjacent to an activating group) is 1. The van der Waals surface area contributed by atoms with Crippen LogP contribution in [0.1, 0.15) is 6.42 Å². The van der Waals surface area contributed by atoms with Gasteiger partial charge in [0.05, 0.1) is 6.04 Å². The fourth-order valence-electron chi connectivity index (χ4n) is 0.811. The van der Waals surface area contributed by atoms with Crippen LogP contribution in [0.15, 0.2) is 0 Å². The van der Waals surface area contributed by atoms with Crippen LogP contribution < -0.4 is 5.32 Å². The Morgan fingerprint density at radius 2 is 2.22 bits per heavy atom. The van der Waals surface area contributed by atoms with Crippen molar-refractivity contribution < 1.29 is 4.79 Å². The summed E-state index contributed by atoms with van der Waals surface area (Å²) in [5, 5.41) is 3.04. The lowest BCUT2D eigenvalue weighted by molar-refractivity contribution is -0.132. The molecule has 0 spiro atoms. The lowest BCUT2D eigenvalue weighted by atomic mass is 10.1. The van der Waals surface area contributed by atoms with Crippen LogP contribution in [0.5, 0.6) is 0 Å². The average Bonchev–Trinajstić information content (AvgIpc) is 1.60. The van der Waals surface area contributed by atoms with E-state index in [1.807, 2.05) is 0 Å². The first-order chi connectivity index (χ1) is 4.22. The van der Waals surface area contributed by atoms with Gasteiger partial charge in [-0.25, -0.2) is 0 Å². The van der Waals surface area contributed by atoms with Gasteiger partial charge in [0.1, 0.15) is 0 Å². The number of nitrogens with one attached hydrogen (secondary N) is 1. The van der Waals surface area contributed by atoms with Gasteiger partial charge >= 0.3 is 0 Å². The third kappa shape index (κ3) is 1.21. The highest BCUT2D eigenvalue weighted by Gasteiger charge is 2.25. The molecule has 1 atom stereocenters. The number of amides is 1. The predicted molar refractivity (Wildman–Crippen MR) is 35.1 cm³/mol. The second-order valence-electron chi connectivity index (χ2n) is 2.53. The number of hydrogen-bond acceptors (Lipinski definition) is 2. The fourth-order valence-corrected chi connectivity index (χ4v) is 0.811. The minimum absolute atomic E-state index is 0.111. The van der Waals surface area contributed by atoms with Crippen LogP contribution >= 0.6 is 0 Å². The number of rotatable bonds is 1. The molecule has 1 saturated heterocycles. The average molecular weight is 128 g/mol. The fraction of sp³-hybridized carbons (Fsp3) is 0.833. The molecule has 0 aromatic carbocycles. The Morgan fingerprint density at radius 1 is 1.67 bits per heavy atom. The lowest BCUT2D eigenvalue weighted by Gasteiger charge is -2.28. The summed E-state index contributed by atoms with van der Waals surface area (Å²) in [6.07, 6.45) is 0.997. The molecule has 52 valence electrons. The molecule has 9 heavy (non-hydrogen) atoms. The van der Waals surface area contributed by atoms with Gasteiger partial charge in [-0.15, -0.1) is 0 Å². The van der Waals surface area contributed by atoms with Crippen LogP contribution in [0.4, 0.5) is 0 Å². The zero-order chi connectivity index (χ0) is 6.85. The molecule has 0 saturated carbocycles. The molecular weight excluding hydrogens is 116 g/mol. The summed E-state index contributed by atoms with van der Waals surface area (Å²) in [6.45, 7) is 0.990. The first kappa shape index (κ1) is 6.55. The molecule has 3 nitrogen and oxygen atoms in total. The number of carbonyl (C=O) groups is 1. The third-order valence-electron chi connectivity index (χ3n) is 1.56. The molecule has 0 aromatic rings. The van der Waals surface area contributed by atoms with Gasteiger partial charge < -0.3 is 10.2 Å². The molecule has 1 fully saturated rings. The Balaban J connectivity index is 2.32. The van der Waals surface area contributed by atoms with Crippen molar-refractivity contribution in [1.29, 1.82) is 0 Å². The first-order valence-electron chi connectivity index (χ1n) is 3.16. The molecule has 0 bridgehead atoms. The monoisotopic (exact) mass is 128 g/mol. The van der Waals surface area contributed by atoms with Crippen molar-refractivity contribution in [3.8, 4) is 0 Å². The molecule has 1 aliphatic rings. The van der Waals surface area contributed by atoms with Crippen molar-refractivity contribution in [2.75, 3.05) is 20.6 Å². The minimum Gasteiger partial charge on any atom is -0.347 e. The Labute approximate surface area is 55.0 Å². The summed E-state index contributed by atoms with van der Waals surface area (Å²) in [4.78, 5) is 12.6. The van der Waals surface area contributed by atoms with Crippen molar-refractivity contribution >= 4 is 5.91 Å². The quantitative estimate of drug-likeness (QED) is 0.513. The van der Waals surface area contributed by atoms with Crippen molar-refractivity contribution in [3.63, 3.8) is 0 Å². The molecule has 0 aromatic heterocycles. The van der Waals surface area contributed by atoms with Gasteiger partial charge in [0, 0.05) is 14.1 Å². The highest BCUT2D eigenvalue weighted by molar-refractivity contribution is 5.82. The van der Waals surface area contributed by atoms with E-state index in [2.05, 4.69) is 5.32 Å². The van der Waals surface area contributed by atoms with Crippen molar-refractivity contribution in [2.24, 2.45) is 0 Å². The topological polar surface area (TPSA) is 32.3 Å². The Morgan fingerprint density at radius 3 is 2.33 bits per heavy atom. The Kier molecular flexibility index (Phi) is 1.71. The molecule has 1 rings (SSSR count). The minimum atomic E-state index is 0.111. The molecule has 0 radical (unpaired) electrons. The highest BCUT2D eigenvalue weighted by Crippen LogP contribution is 2.03. The van der Waals surface area contributed by atoms with Gasteiger partial charge in [-0.3, -0.25) is 4.79 Å². The Hall–Kier alpha value is -0.570. The summed E-state index contributed by atoms with van der Waals surface area (Å²) in [6, 6.07) is 0.111. The standard InChI is InChI=1S/C6H12N2O/c1-8(2)6(9)5-3-4-7-5/h5,7H,3-4H2,1-2H3. The summed E-state index contributed by atoms with van der Waals surface area (Å²) in [5.41, 5.74) is 0. The zero-order valence-electron chi connectivity index (χ0n) is 5.85. The second-order valence-corrected chi connectivity index (χ2v) is 2.53. The van der Waals surface area contributed by atoms with Gasteiger partial charge in [0.25, 0.3) is 0 Å². The van der Waals surface area contributed by atoms with E-state index in [0.717, 1.165) is 13.0 Å². The molecule has 1 amide bonds. The van der Waals surface area contributed by atoms with Gasteiger partial charge in [0.15, 0.2) is 0 Å². The zero-order valence-corrected chi connectivity index (χ0v) is 5.85. The SMILES string of the molecule is CN(C)C(=O)C1CCN1. The van der Waals surface area contributed by atoms with E-state index in [1.54, 1.807) is 19.0 Å². The van der Waals surface area contributed by atoms with E-state index in [9.17, 15) is 4.79 Å². The van der Waals surface area contributed by atoms with Crippen LogP contribution in [-0.2, 0) is 4.79 Å². The maximum absolute atomic E-state index is 11.0. The molecule has 1 heterocycles. The van der Waals surface area contributed by atoms with Crippen molar-refractivity contribution in [2.45, 2.75) is 12.5 Å². The van der Waals surface area contributed by atoms with Crippen LogP contribution in [-0.4, -0.2) is 37.5 Å². The molecule has 1 N–H and O–H groups in total. The summed E-state index contributed by atoms with van der Waals surface area (Å²) in [5.74, 6) is 0.196. The van der Waals surface area contributed by atoms with Crippen molar-refractivity contribution in [3.05, 3.63) is 0 Å². The van der Waals surface area contributed by atoms with E-state index >= 15 is 0 Å². The summed E-state index contributed by atoms with van der Waals surface area (Å²) < 4.78 is 0.